The number of hydrogen-bond acceptors (Lipinski definition) is 3. The number of alkyl halides is 3. The number of halogens is 8. The van der Waals surface area contributed by atoms with Gasteiger partial charge in [0.2, 0.25) is 0 Å². The first-order valence-corrected chi connectivity index (χ1v) is 9.26. The maximum Gasteiger partial charge on any atom is 0.426 e. The number of ether oxygens (including phenoxy) is 3. The molecule has 0 aliphatic heterocycles. The van der Waals surface area contributed by atoms with E-state index in [9.17, 15) is 13.2 Å². The molecule has 0 amide bonds. The molecule has 1 aromatic carbocycles. The Morgan fingerprint density at radius 3 is 2.11 bits per heavy atom. The lowest BCUT2D eigenvalue weighted by atomic mass is 10.3. The van der Waals surface area contributed by atoms with Crippen LogP contribution >= 0.6 is 58.0 Å². The lowest BCUT2D eigenvalue weighted by Crippen LogP contribution is -2.09. The SMILES string of the molecule is FC(F)(F)/C(Cl)=C/COCCCOc1c(Cl)cc(OCC=C(Cl)Cl)cc1Cl. The average Bonchev–Trinajstić information content (AvgIpc) is 2.54. The zero-order valence-corrected chi connectivity index (χ0v) is 17.4. The van der Waals surface area contributed by atoms with Gasteiger partial charge in [0.25, 0.3) is 0 Å². The zero-order chi connectivity index (χ0) is 20.4. The van der Waals surface area contributed by atoms with Crippen molar-refractivity contribution in [1.82, 2.24) is 0 Å². The Bertz CT molecular complexity index is 651. The summed E-state index contributed by atoms with van der Waals surface area (Å²) in [5, 5.41) is -0.748. The molecule has 152 valence electrons. The van der Waals surface area contributed by atoms with Crippen molar-refractivity contribution in [3.8, 4) is 11.5 Å². The quantitative estimate of drug-likeness (QED) is 0.327. The predicted octanol–water partition coefficient (Wildman–Crippen LogP) is 7.16. The van der Waals surface area contributed by atoms with Crippen LogP contribution in [0, 0.1) is 0 Å². The number of hydrogen-bond donors (Lipinski definition) is 0. The van der Waals surface area contributed by atoms with Gasteiger partial charge in [-0.1, -0.05) is 58.0 Å². The summed E-state index contributed by atoms with van der Waals surface area (Å²) in [6.45, 7) is 0.243. The molecule has 0 aromatic heterocycles. The van der Waals surface area contributed by atoms with Crippen molar-refractivity contribution in [1.29, 1.82) is 0 Å². The highest BCUT2D eigenvalue weighted by Crippen LogP contribution is 2.37. The molecule has 3 nitrogen and oxygen atoms in total. The van der Waals surface area contributed by atoms with Gasteiger partial charge in [-0.2, -0.15) is 13.2 Å². The van der Waals surface area contributed by atoms with E-state index in [2.05, 4.69) is 0 Å². The van der Waals surface area contributed by atoms with Crippen LogP contribution in [0.5, 0.6) is 11.5 Å². The second-order valence-electron chi connectivity index (χ2n) is 4.85. The first-order valence-electron chi connectivity index (χ1n) is 7.37. The first kappa shape index (κ1) is 24.5. The van der Waals surface area contributed by atoms with Gasteiger partial charge in [0.05, 0.1) is 29.9 Å². The summed E-state index contributed by atoms with van der Waals surface area (Å²) >= 11 is 28.2. The highest BCUT2D eigenvalue weighted by Gasteiger charge is 2.31. The van der Waals surface area contributed by atoms with E-state index in [1.54, 1.807) is 0 Å². The second kappa shape index (κ2) is 12.1. The molecule has 1 rings (SSSR count). The Hall–Kier alpha value is -0.500. The number of rotatable bonds is 10. The van der Waals surface area contributed by atoms with E-state index in [0.29, 0.717) is 12.2 Å². The minimum atomic E-state index is -4.57. The fourth-order valence-electron chi connectivity index (χ4n) is 1.63. The van der Waals surface area contributed by atoms with E-state index in [1.165, 1.54) is 18.2 Å². The van der Waals surface area contributed by atoms with E-state index in [1.807, 2.05) is 0 Å². The molecule has 0 N–H and O–H groups in total. The average molecular weight is 489 g/mol. The maximum atomic E-state index is 12.2. The van der Waals surface area contributed by atoms with Gasteiger partial charge in [-0.05, 0) is 12.2 Å². The van der Waals surface area contributed by atoms with Crippen molar-refractivity contribution in [3.63, 3.8) is 0 Å². The standard InChI is InChI=1S/C16H14Cl5F3O3/c17-11-8-10(26-7-3-14(20)21)9-12(18)15(11)27-5-1-4-25-6-2-13(19)16(22,23)24/h2-3,8-9H,1,4-7H2/b13-2-. The van der Waals surface area contributed by atoms with Crippen LogP contribution in [0.15, 0.2) is 33.8 Å². The summed E-state index contributed by atoms with van der Waals surface area (Å²) in [6, 6.07) is 3.03. The summed E-state index contributed by atoms with van der Waals surface area (Å²) in [5.74, 6) is 0.663. The Kier molecular flexibility index (Phi) is 11.0. The van der Waals surface area contributed by atoms with Gasteiger partial charge in [0.15, 0.2) is 5.75 Å². The molecule has 0 aliphatic rings. The van der Waals surface area contributed by atoms with Crippen molar-refractivity contribution < 1.29 is 27.4 Å². The van der Waals surface area contributed by atoms with Gasteiger partial charge < -0.3 is 14.2 Å². The van der Waals surface area contributed by atoms with Crippen molar-refractivity contribution in [2.24, 2.45) is 0 Å². The van der Waals surface area contributed by atoms with Gasteiger partial charge in [-0.25, -0.2) is 0 Å². The van der Waals surface area contributed by atoms with Crippen LogP contribution in [0.25, 0.3) is 0 Å². The fourth-order valence-corrected chi connectivity index (χ4v) is 2.39. The molecule has 0 saturated heterocycles. The molecular weight excluding hydrogens is 474 g/mol. The Morgan fingerprint density at radius 1 is 0.926 bits per heavy atom. The summed E-state index contributed by atoms with van der Waals surface area (Å²) in [4.78, 5) is 0. The number of benzene rings is 1. The molecule has 0 unspecified atom stereocenters. The summed E-state index contributed by atoms with van der Waals surface area (Å²) < 4.78 is 52.4. The smallest absolute Gasteiger partial charge is 0.426 e. The van der Waals surface area contributed by atoms with E-state index < -0.39 is 11.2 Å². The molecule has 0 aliphatic carbocycles. The lowest BCUT2D eigenvalue weighted by Gasteiger charge is -2.12. The summed E-state index contributed by atoms with van der Waals surface area (Å²) in [5.41, 5.74) is 0. The molecule has 0 spiro atoms. The molecule has 1 aromatic rings. The van der Waals surface area contributed by atoms with Gasteiger partial charge >= 0.3 is 6.18 Å². The summed E-state index contributed by atoms with van der Waals surface area (Å²) in [6.07, 6.45) is -1.96. The van der Waals surface area contributed by atoms with E-state index >= 15 is 0 Å². The van der Waals surface area contributed by atoms with Crippen molar-refractivity contribution >= 4 is 58.0 Å². The van der Waals surface area contributed by atoms with Crippen LogP contribution in [0.4, 0.5) is 13.2 Å². The topological polar surface area (TPSA) is 27.7 Å². The highest BCUT2D eigenvalue weighted by molar-refractivity contribution is 6.55. The molecular formula is C16H14Cl5F3O3. The molecule has 11 heteroatoms. The van der Waals surface area contributed by atoms with Crippen LogP contribution < -0.4 is 9.47 Å². The van der Waals surface area contributed by atoms with E-state index in [4.69, 9.17) is 72.2 Å². The molecule has 0 bridgehead atoms. The largest absolute Gasteiger partial charge is 0.490 e. The number of allylic oxidation sites excluding steroid dienone is 1. The third-order valence-electron chi connectivity index (χ3n) is 2.79. The van der Waals surface area contributed by atoms with E-state index in [0.717, 1.165) is 6.08 Å². The van der Waals surface area contributed by atoms with Gasteiger partial charge in [-0.3, -0.25) is 0 Å². The Balaban J connectivity index is 2.39. The fraction of sp³-hybridized carbons (Fsp3) is 0.375. The molecule has 0 radical (unpaired) electrons. The van der Waals surface area contributed by atoms with Crippen LogP contribution in [-0.4, -0.2) is 32.6 Å². The monoisotopic (exact) mass is 486 g/mol. The Labute approximate surface area is 179 Å². The van der Waals surface area contributed by atoms with Crippen molar-refractivity contribution in [3.05, 3.63) is 43.9 Å². The maximum absolute atomic E-state index is 12.2. The first-order chi connectivity index (χ1) is 12.6. The van der Waals surface area contributed by atoms with Crippen molar-refractivity contribution in [2.75, 3.05) is 26.4 Å². The van der Waals surface area contributed by atoms with Crippen LogP contribution in [0.3, 0.4) is 0 Å². The minimum Gasteiger partial charge on any atom is -0.490 e. The van der Waals surface area contributed by atoms with Crippen LogP contribution in [-0.2, 0) is 4.74 Å². The highest BCUT2D eigenvalue weighted by atomic mass is 35.5. The van der Waals surface area contributed by atoms with Gasteiger partial charge in [0.1, 0.15) is 21.9 Å². The van der Waals surface area contributed by atoms with Crippen molar-refractivity contribution in [2.45, 2.75) is 12.6 Å². The van der Waals surface area contributed by atoms with Gasteiger partial charge in [-0.15, -0.1) is 0 Å². The Morgan fingerprint density at radius 2 is 1.56 bits per heavy atom. The second-order valence-corrected chi connectivity index (χ2v) is 7.08. The predicted molar refractivity (Wildman–Crippen MR) is 103 cm³/mol. The molecule has 0 fully saturated rings. The molecule has 0 atom stereocenters. The van der Waals surface area contributed by atoms with Crippen LogP contribution in [0.2, 0.25) is 10.0 Å². The third-order valence-corrected chi connectivity index (χ3v) is 4.03. The zero-order valence-electron chi connectivity index (χ0n) is 13.6. The minimum absolute atomic E-state index is 0.0746. The lowest BCUT2D eigenvalue weighted by molar-refractivity contribution is -0.0850. The van der Waals surface area contributed by atoms with E-state index in [-0.39, 0.29) is 46.7 Å². The summed E-state index contributed by atoms with van der Waals surface area (Å²) in [7, 11) is 0. The third kappa shape index (κ3) is 10.0. The van der Waals surface area contributed by atoms with Gasteiger partial charge in [0, 0.05) is 18.6 Å². The molecule has 0 heterocycles. The normalized spacial score (nSPS) is 12.1. The van der Waals surface area contributed by atoms with Crippen LogP contribution in [0.1, 0.15) is 6.42 Å². The molecule has 0 saturated carbocycles. The molecule has 27 heavy (non-hydrogen) atoms.